The predicted octanol–water partition coefficient (Wildman–Crippen LogP) is 2.45. The highest BCUT2D eigenvalue weighted by atomic mass is 32.2. The van der Waals surface area contributed by atoms with Crippen molar-refractivity contribution < 1.29 is 18.0 Å². The smallest absolute Gasteiger partial charge is 0.352 e. The second kappa shape index (κ2) is 9.40. The van der Waals surface area contributed by atoms with Crippen LogP contribution >= 0.6 is 11.8 Å². The first-order chi connectivity index (χ1) is 11.9. The second-order valence-corrected chi connectivity index (χ2v) is 6.84. The van der Waals surface area contributed by atoms with Gasteiger partial charge >= 0.3 is 5.51 Å². The summed E-state index contributed by atoms with van der Waals surface area (Å²) in [5.74, 6) is -0.518. The number of likely N-dealkylation sites (N-methyl/N-ethyl adjacent to an activating group) is 1. The summed E-state index contributed by atoms with van der Waals surface area (Å²) < 4.78 is 37.6. The average molecular weight is 376 g/mol. The first-order valence-electron chi connectivity index (χ1n) is 8.32. The minimum Gasteiger partial charge on any atom is -0.352 e. The van der Waals surface area contributed by atoms with E-state index in [0.29, 0.717) is 6.54 Å². The molecule has 1 aliphatic rings. The number of thioether (sulfide) groups is 1. The molecule has 140 valence electrons. The molecule has 0 atom stereocenters. The Morgan fingerprint density at radius 3 is 2.60 bits per heavy atom. The molecule has 0 unspecified atom stereocenters. The van der Waals surface area contributed by atoms with E-state index < -0.39 is 11.4 Å². The monoisotopic (exact) mass is 376 g/mol. The van der Waals surface area contributed by atoms with Crippen molar-refractivity contribution in [3.05, 3.63) is 23.9 Å². The molecule has 1 amide bonds. The highest BCUT2D eigenvalue weighted by molar-refractivity contribution is 8.00. The summed E-state index contributed by atoms with van der Waals surface area (Å²) in [6, 6.07) is 2.82. The van der Waals surface area contributed by atoms with Crippen molar-refractivity contribution in [2.24, 2.45) is 0 Å². The lowest BCUT2D eigenvalue weighted by molar-refractivity contribution is -0.0329. The topological polar surface area (TPSA) is 48.5 Å². The van der Waals surface area contributed by atoms with Gasteiger partial charge in [-0.15, -0.1) is 0 Å². The fourth-order valence-electron chi connectivity index (χ4n) is 2.68. The SMILES string of the molecule is CCN1CCN(CCCNC(=O)c2cccnc2SC(F)(F)F)CC1. The van der Waals surface area contributed by atoms with E-state index in [-0.39, 0.29) is 22.4 Å². The number of carbonyl (C=O) groups is 1. The number of halogens is 3. The van der Waals surface area contributed by atoms with E-state index in [2.05, 4.69) is 27.0 Å². The number of nitrogens with one attached hydrogen (secondary N) is 1. The number of piperazine rings is 1. The number of amides is 1. The zero-order valence-electron chi connectivity index (χ0n) is 14.2. The quantitative estimate of drug-likeness (QED) is 0.585. The van der Waals surface area contributed by atoms with Gasteiger partial charge in [0, 0.05) is 50.7 Å². The van der Waals surface area contributed by atoms with Crippen LogP contribution in [-0.2, 0) is 0 Å². The molecule has 1 saturated heterocycles. The third kappa shape index (κ3) is 6.83. The molecular weight excluding hydrogens is 353 g/mol. The van der Waals surface area contributed by atoms with E-state index in [1.165, 1.54) is 18.3 Å². The molecule has 0 spiro atoms. The van der Waals surface area contributed by atoms with E-state index in [4.69, 9.17) is 0 Å². The van der Waals surface area contributed by atoms with Gasteiger partial charge in [0.15, 0.2) is 0 Å². The molecule has 2 heterocycles. The molecule has 1 aliphatic heterocycles. The van der Waals surface area contributed by atoms with Gasteiger partial charge in [0.05, 0.1) is 5.56 Å². The largest absolute Gasteiger partial charge is 0.447 e. The van der Waals surface area contributed by atoms with Crippen molar-refractivity contribution in [2.75, 3.05) is 45.8 Å². The minimum absolute atomic E-state index is 0.0404. The van der Waals surface area contributed by atoms with Crippen molar-refractivity contribution in [3.8, 4) is 0 Å². The molecule has 2 rings (SSSR count). The zero-order valence-corrected chi connectivity index (χ0v) is 15.0. The number of alkyl halides is 3. The Morgan fingerprint density at radius 1 is 1.28 bits per heavy atom. The molecule has 0 radical (unpaired) electrons. The minimum atomic E-state index is -4.47. The Balaban J connectivity index is 1.76. The Hall–Kier alpha value is -1.32. The van der Waals surface area contributed by atoms with Crippen LogP contribution in [0.15, 0.2) is 23.4 Å². The van der Waals surface area contributed by atoms with Gasteiger partial charge < -0.3 is 15.1 Å². The Morgan fingerprint density at radius 2 is 1.96 bits per heavy atom. The molecular formula is C16H23F3N4OS. The van der Waals surface area contributed by atoms with Crippen molar-refractivity contribution in [1.82, 2.24) is 20.1 Å². The van der Waals surface area contributed by atoms with Gasteiger partial charge in [-0.25, -0.2) is 4.98 Å². The summed E-state index contributed by atoms with van der Waals surface area (Å²) in [7, 11) is 0. The number of nitrogens with zero attached hydrogens (tertiary/aromatic N) is 3. The normalized spacial score (nSPS) is 16.8. The lowest BCUT2D eigenvalue weighted by atomic mass is 10.2. The lowest BCUT2D eigenvalue weighted by Crippen LogP contribution is -2.46. The second-order valence-electron chi connectivity index (χ2n) is 5.79. The third-order valence-corrected chi connectivity index (χ3v) is 4.83. The molecule has 1 N–H and O–H groups in total. The molecule has 1 aromatic heterocycles. The first-order valence-corrected chi connectivity index (χ1v) is 9.14. The predicted molar refractivity (Wildman–Crippen MR) is 91.7 cm³/mol. The molecule has 1 aromatic rings. The molecule has 9 heteroatoms. The van der Waals surface area contributed by atoms with Crippen molar-refractivity contribution in [2.45, 2.75) is 23.9 Å². The van der Waals surface area contributed by atoms with Crippen LogP contribution in [0.4, 0.5) is 13.2 Å². The maximum atomic E-state index is 12.5. The molecule has 0 saturated carbocycles. The lowest BCUT2D eigenvalue weighted by Gasteiger charge is -2.33. The van der Waals surface area contributed by atoms with Gasteiger partial charge in [0.2, 0.25) is 0 Å². The maximum absolute atomic E-state index is 12.5. The molecule has 25 heavy (non-hydrogen) atoms. The summed E-state index contributed by atoms with van der Waals surface area (Å²) in [5, 5.41) is 2.37. The number of hydrogen-bond acceptors (Lipinski definition) is 5. The van der Waals surface area contributed by atoms with Crippen LogP contribution in [-0.4, -0.2) is 72.0 Å². The standard InChI is InChI=1S/C16H23F3N4OS/c1-2-22-9-11-23(12-10-22)8-4-7-20-14(24)13-5-3-6-21-15(13)25-16(17,18)19/h3,5-6H,2,4,7-12H2,1H3,(H,20,24). The van der Waals surface area contributed by atoms with Crippen LogP contribution in [0.3, 0.4) is 0 Å². The summed E-state index contributed by atoms with van der Waals surface area (Å²) in [4.78, 5) is 20.5. The Kier molecular flexibility index (Phi) is 7.52. The highest BCUT2D eigenvalue weighted by Gasteiger charge is 2.32. The van der Waals surface area contributed by atoms with Gasteiger partial charge in [0.1, 0.15) is 5.03 Å². The van der Waals surface area contributed by atoms with E-state index in [9.17, 15) is 18.0 Å². The van der Waals surface area contributed by atoms with E-state index in [1.807, 2.05) is 0 Å². The molecule has 0 bridgehead atoms. The van der Waals surface area contributed by atoms with Crippen LogP contribution in [0, 0.1) is 0 Å². The number of rotatable bonds is 7. The van der Waals surface area contributed by atoms with E-state index >= 15 is 0 Å². The van der Waals surface area contributed by atoms with Crippen LogP contribution in [0.2, 0.25) is 0 Å². The molecule has 5 nitrogen and oxygen atoms in total. The van der Waals surface area contributed by atoms with Crippen molar-refractivity contribution in [3.63, 3.8) is 0 Å². The number of hydrogen-bond donors (Lipinski definition) is 1. The van der Waals surface area contributed by atoms with Crippen LogP contribution in [0.25, 0.3) is 0 Å². The van der Waals surface area contributed by atoms with Gasteiger partial charge in [-0.2, -0.15) is 13.2 Å². The van der Waals surface area contributed by atoms with Gasteiger partial charge in [0.25, 0.3) is 5.91 Å². The Labute approximate surface area is 150 Å². The summed E-state index contributed by atoms with van der Waals surface area (Å²) in [6.45, 7) is 8.63. The van der Waals surface area contributed by atoms with Crippen LogP contribution in [0.5, 0.6) is 0 Å². The first kappa shape index (κ1) is 20.0. The zero-order chi connectivity index (χ0) is 18.3. The van der Waals surface area contributed by atoms with Gasteiger partial charge in [-0.3, -0.25) is 4.79 Å². The number of pyridine rings is 1. The van der Waals surface area contributed by atoms with E-state index in [0.717, 1.165) is 45.7 Å². The van der Waals surface area contributed by atoms with Gasteiger partial charge in [-0.05, 0) is 31.6 Å². The van der Waals surface area contributed by atoms with E-state index in [1.54, 1.807) is 0 Å². The average Bonchev–Trinajstić information content (AvgIpc) is 2.58. The molecule has 1 fully saturated rings. The maximum Gasteiger partial charge on any atom is 0.447 e. The summed E-state index contributed by atoms with van der Waals surface area (Å²) >= 11 is -0.365. The number of carbonyl (C=O) groups excluding carboxylic acids is 1. The summed E-state index contributed by atoms with van der Waals surface area (Å²) in [6.07, 6.45) is 2.01. The summed E-state index contributed by atoms with van der Waals surface area (Å²) in [5.41, 5.74) is -4.51. The Bertz CT molecular complexity index is 563. The van der Waals surface area contributed by atoms with Crippen LogP contribution < -0.4 is 5.32 Å². The number of aromatic nitrogens is 1. The van der Waals surface area contributed by atoms with Crippen LogP contribution in [0.1, 0.15) is 23.7 Å². The fraction of sp³-hybridized carbons (Fsp3) is 0.625. The highest BCUT2D eigenvalue weighted by Crippen LogP contribution is 2.37. The van der Waals surface area contributed by atoms with Crippen molar-refractivity contribution in [1.29, 1.82) is 0 Å². The molecule has 0 aliphatic carbocycles. The fourth-order valence-corrected chi connectivity index (χ4v) is 3.29. The van der Waals surface area contributed by atoms with Crippen molar-refractivity contribution >= 4 is 17.7 Å². The third-order valence-electron chi connectivity index (χ3n) is 4.08. The van der Waals surface area contributed by atoms with Gasteiger partial charge in [-0.1, -0.05) is 6.92 Å². The molecule has 0 aromatic carbocycles.